The first-order valence-electron chi connectivity index (χ1n) is 30.6. The fourth-order valence-corrected chi connectivity index (χ4v) is 14.4. The van der Waals surface area contributed by atoms with E-state index in [0.717, 1.165) is 91.9 Å². The summed E-state index contributed by atoms with van der Waals surface area (Å²) in [4.78, 5) is 35.2. The molecule has 0 radical (unpaired) electrons. The number of anilines is 6. The minimum Gasteiger partial charge on any atom is -0.311 e. The molecule has 0 fully saturated rings. The molecule has 446 valence electrons. The molecular formula is C79H47BF3I2N9. The molecule has 17 rings (SSSR count). The third-order valence-electron chi connectivity index (χ3n) is 17.6. The Bertz CT molecular complexity index is 5240. The average molecular weight is 1440 g/mol. The number of rotatable bonds is 10. The van der Waals surface area contributed by atoms with Crippen LogP contribution in [0.5, 0.6) is 0 Å². The predicted molar refractivity (Wildman–Crippen MR) is 390 cm³/mol. The molecule has 0 N–H and O–H groups in total. The lowest BCUT2D eigenvalue weighted by molar-refractivity contribution is -0.137. The lowest BCUT2D eigenvalue weighted by Crippen LogP contribution is -2.61. The molecule has 3 aromatic heterocycles. The van der Waals surface area contributed by atoms with E-state index in [1.165, 1.54) is 22.5 Å². The van der Waals surface area contributed by atoms with Crippen molar-refractivity contribution in [2.75, 3.05) is 9.80 Å². The van der Waals surface area contributed by atoms with Crippen LogP contribution in [0.25, 0.3) is 107 Å². The van der Waals surface area contributed by atoms with Gasteiger partial charge in [-0.05, 0) is 182 Å². The summed E-state index contributed by atoms with van der Waals surface area (Å²) in [6.45, 7) is -0.109. The fraction of sp³-hybridized carbons (Fsp3) is 0.0127. The van der Waals surface area contributed by atoms with Gasteiger partial charge in [0.1, 0.15) is 0 Å². The Kier molecular flexibility index (Phi) is 14.1. The lowest BCUT2D eigenvalue weighted by Gasteiger charge is -2.44. The van der Waals surface area contributed by atoms with E-state index >= 15 is 13.2 Å². The van der Waals surface area contributed by atoms with Crippen LogP contribution in [-0.2, 0) is 6.18 Å². The number of benzene rings is 12. The summed E-state index contributed by atoms with van der Waals surface area (Å²) in [6, 6.07) is 94.3. The molecule has 5 heterocycles. The highest BCUT2D eigenvalue weighted by molar-refractivity contribution is 14.1. The highest BCUT2D eigenvalue weighted by Gasteiger charge is 2.44. The Morgan fingerprint density at radius 3 is 1.11 bits per heavy atom. The second-order valence-electron chi connectivity index (χ2n) is 23.2. The second-order valence-corrected chi connectivity index (χ2v) is 25.7. The predicted octanol–water partition coefficient (Wildman–Crippen LogP) is 19.1. The van der Waals surface area contributed by atoms with E-state index in [4.69, 9.17) is 29.9 Å². The van der Waals surface area contributed by atoms with Gasteiger partial charge in [-0.3, -0.25) is 0 Å². The Balaban J connectivity index is 0.946. The SMILES string of the molecule is FC(F)(F)c1ccc(-n2c3ccc(-c4cc5c6c(c4)N(c4ccccc4)c4ccc(I)cc4B6c4cc(I)ccc4N5c4ccccc4)cc3c3cc(-c4nc(-c5ccccc5)nc(-c5ccccc5)n4)ccc32)c(-c2nc(-c3ccccc3)nc(-c3ccccc3)n2)c1. The average Bonchev–Trinajstić information content (AvgIpc) is 0.755. The van der Waals surface area contributed by atoms with Crippen molar-refractivity contribution < 1.29 is 13.2 Å². The minimum atomic E-state index is -4.71. The molecule has 0 unspecified atom stereocenters. The van der Waals surface area contributed by atoms with Crippen LogP contribution >= 0.6 is 45.2 Å². The molecule has 9 nitrogen and oxygen atoms in total. The smallest absolute Gasteiger partial charge is 0.311 e. The summed E-state index contributed by atoms with van der Waals surface area (Å²) in [5, 5.41) is 1.63. The van der Waals surface area contributed by atoms with Gasteiger partial charge in [-0.2, -0.15) is 13.2 Å². The standard InChI is InChI=1S/C79H47BF3I2N9/c81-79(82,83)55-33-38-67(62(45-55)78-90-75(50-23-11-3-12-24-50)87-76(91-78)51-25-13-4-14-26-51)94-65-36-31-52(41-60(65)61-42-53(32-37-66(61)94)77-88-73(48-19-7-1-8-20-48)86-74(89-77)49-21-9-2-10-22-49)54-43-70-72-71(44-54)93(59-29-17-6-18-30-59)69-40-35-57(85)47-64(69)80(72)63-46-56(84)34-39-68(63)92(70)58-27-15-5-16-28-58/h1-47H. The molecule has 0 spiro atoms. The molecule has 2 aliphatic heterocycles. The summed E-state index contributed by atoms with van der Waals surface area (Å²) >= 11 is 4.89. The zero-order chi connectivity index (χ0) is 63.2. The van der Waals surface area contributed by atoms with Crippen LogP contribution in [0.3, 0.4) is 0 Å². The summed E-state index contributed by atoms with van der Waals surface area (Å²) in [5.74, 6) is 2.17. The van der Waals surface area contributed by atoms with Crippen molar-refractivity contribution >= 4 is 124 Å². The molecule has 0 saturated carbocycles. The van der Waals surface area contributed by atoms with Crippen molar-refractivity contribution in [2.24, 2.45) is 0 Å². The molecule has 2 aliphatic rings. The van der Waals surface area contributed by atoms with E-state index in [9.17, 15) is 0 Å². The van der Waals surface area contributed by atoms with Gasteiger partial charge >= 0.3 is 6.18 Å². The van der Waals surface area contributed by atoms with Gasteiger partial charge in [-0.25, -0.2) is 29.9 Å². The van der Waals surface area contributed by atoms with Crippen LogP contribution in [0.15, 0.2) is 285 Å². The number of hydrogen-bond donors (Lipinski definition) is 0. The number of aromatic nitrogens is 7. The zero-order valence-corrected chi connectivity index (χ0v) is 53.9. The molecule has 94 heavy (non-hydrogen) atoms. The molecule has 0 bridgehead atoms. The van der Waals surface area contributed by atoms with Crippen molar-refractivity contribution in [1.29, 1.82) is 0 Å². The van der Waals surface area contributed by atoms with E-state index in [-0.39, 0.29) is 18.1 Å². The van der Waals surface area contributed by atoms with Gasteiger partial charge in [0.15, 0.2) is 34.9 Å². The molecule has 12 aromatic carbocycles. The maximum absolute atomic E-state index is 15.4. The van der Waals surface area contributed by atoms with E-state index in [1.807, 2.05) is 138 Å². The van der Waals surface area contributed by atoms with Gasteiger partial charge in [0.25, 0.3) is 6.71 Å². The maximum atomic E-state index is 15.4. The maximum Gasteiger partial charge on any atom is 0.416 e. The number of para-hydroxylation sites is 2. The largest absolute Gasteiger partial charge is 0.416 e. The second kappa shape index (κ2) is 23.2. The van der Waals surface area contributed by atoms with E-state index < -0.39 is 11.7 Å². The molecule has 0 saturated heterocycles. The van der Waals surface area contributed by atoms with Gasteiger partial charge in [-0.1, -0.05) is 176 Å². The highest BCUT2D eigenvalue weighted by Crippen LogP contribution is 2.48. The lowest BCUT2D eigenvalue weighted by atomic mass is 9.33. The molecule has 15 aromatic rings. The Hall–Kier alpha value is -10.6. The van der Waals surface area contributed by atoms with Crippen LogP contribution in [-0.4, -0.2) is 41.2 Å². The number of nitrogens with zero attached hydrogens (tertiary/aromatic N) is 9. The fourth-order valence-electron chi connectivity index (χ4n) is 13.4. The van der Waals surface area contributed by atoms with Gasteiger partial charge in [-0.15, -0.1) is 0 Å². The van der Waals surface area contributed by atoms with E-state index in [2.05, 4.69) is 188 Å². The first-order chi connectivity index (χ1) is 46.0. The third-order valence-corrected chi connectivity index (χ3v) is 18.9. The van der Waals surface area contributed by atoms with Crippen molar-refractivity contribution in [3.05, 3.63) is 298 Å². The first kappa shape index (κ1) is 57.3. The third kappa shape index (κ3) is 10.1. The molecular weight excluding hydrogens is 1400 g/mol. The summed E-state index contributed by atoms with van der Waals surface area (Å²) < 4.78 is 50.4. The minimum absolute atomic E-state index is 0.0731. The van der Waals surface area contributed by atoms with E-state index in [1.54, 1.807) is 0 Å². The van der Waals surface area contributed by atoms with Crippen molar-refractivity contribution in [1.82, 2.24) is 34.5 Å². The Morgan fingerprint density at radius 1 is 0.309 bits per heavy atom. The Labute approximate surface area is 566 Å². The topological polar surface area (TPSA) is 88.8 Å². The van der Waals surface area contributed by atoms with Crippen LogP contribution in [0.2, 0.25) is 0 Å². The zero-order valence-electron chi connectivity index (χ0n) is 49.6. The summed E-state index contributed by atoms with van der Waals surface area (Å²) in [6.07, 6.45) is -4.71. The summed E-state index contributed by atoms with van der Waals surface area (Å²) in [5.41, 5.74) is 16.7. The van der Waals surface area contributed by atoms with Gasteiger partial charge in [0.05, 0.1) is 22.3 Å². The van der Waals surface area contributed by atoms with Crippen LogP contribution in [0.4, 0.5) is 47.3 Å². The molecule has 0 amide bonds. The normalized spacial score (nSPS) is 12.5. The molecule has 15 heteroatoms. The number of alkyl halides is 3. The number of halogens is 5. The van der Waals surface area contributed by atoms with Crippen molar-refractivity contribution in [3.8, 4) is 85.1 Å². The van der Waals surface area contributed by atoms with Gasteiger partial charge in [0, 0.05) is 85.4 Å². The van der Waals surface area contributed by atoms with Crippen LogP contribution in [0, 0.1) is 7.14 Å². The Morgan fingerprint density at radius 2 is 0.681 bits per heavy atom. The van der Waals surface area contributed by atoms with E-state index in [0.29, 0.717) is 57.0 Å². The quantitative estimate of drug-likeness (QED) is 0.0988. The van der Waals surface area contributed by atoms with Crippen molar-refractivity contribution in [3.63, 3.8) is 0 Å². The van der Waals surface area contributed by atoms with Crippen LogP contribution < -0.4 is 26.2 Å². The molecule has 0 atom stereocenters. The van der Waals surface area contributed by atoms with Crippen LogP contribution in [0.1, 0.15) is 5.56 Å². The van der Waals surface area contributed by atoms with Gasteiger partial charge < -0.3 is 14.4 Å². The number of hydrogen-bond acceptors (Lipinski definition) is 8. The summed E-state index contributed by atoms with van der Waals surface area (Å²) in [7, 11) is 0. The first-order valence-corrected chi connectivity index (χ1v) is 32.7. The van der Waals surface area contributed by atoms with Crippen molar-refractivity contribution in [2.45, 2.75) is 6.18 Å². The number of fused-ring (bicyclic) bond motifs is 7. The van der Waals surface area contributed by atoms with Gasteiger partial charge in [0.2, 0.25) is 0 Å². The molecule has 0 aliphatic carbocycles. The highest BCUT2D eigenvalue weighted by atomic mass is 127. The monoisotopic (exact) mass is 1440 g/mol.